The number of aromatic nitrogens is 2. The molecular weight excluding hydrogens is 186 g/mol. The molecule has 3 rings (SSSR count). The van der Waals surface area contributed by atoms with E-state index in [2.05, 4.69) is 21.8 Å². The van der Waals surface area contributed by atoms with Crippen molar-refractivity contribution in [2.45, 2.75) is 39.2 Å². The standard InChI is InChI=1S/C12H17N3/c1-8-12-10(14-9(2)13-8)5-7-15-6-3-4-11(12)15/h11H,3-7H2,1-2H3. The van der Waals surface area contributed by atoms with Gasteiger partial charge in [-0.15, -0.1) is 0 Å². The van der Waals surface area contributed by atoms with Crippen LogP contribution in [-0.4, -0.2) is 28.0 Å². The summed E-state index contributed by atoms with van der Waals surface area (Å²) < 4.78 is 0. The molecule has 0 amide bonds. The van der Waals surface area contributed by atoms with Gasteiger partial charge < -0.3 is 0 Å². The summed E-state index contributed by atoms with van der Waals surface area (Å²) in [6, 6.07) is 0.620. The largest absolute Gasteiger partial charge is 0.296 e. The molecule has 2 aliphatic rings. The second kappa shape index (κ2) is 3.27. The maximum Gasteiger partial charge on any atom is 0.125 e. The Kier molecular flexibility index (Phi) is 2.02. The van der Waals surface area contributed by atoms with Crippen LogP contribution < -0.4 is 0 Å². The van der Waals surface area contributed by atoms with Gasteiger partial charge in [-0.25, -0.2) is 9.97 Å². The zero-order valence-corrected chi connectivity index (χ0v) is 9.45. The second-order valence-electron chi connectivity index (χ2n) is 4.66. The van der Waals surface area contributed by atoms with Crippen LogP contribution in [0.1, 0.15) is 41.7 Å². The molecule has 0 saturated carbocycles. The molecule has 1 aromatic rings. The molecule has 3 heteroatoms. The molecule has 0 bridgehead atoms. The number of hydrogen-bond donors (Lipinski definition) is 0. The summed E-state index contributed by atoms with van der Waals surface area (Å²) in [6.45, 7) is 6.58. The van der Waals surface area contributed by atoms with Crippen molar-refractivity contribution in [3.05, 3.63) is 22.8 Å². The summed E-state index contributed by atoms with van der Waals surface area (Å²) in [4.78, 5) is 11.7. The number of aryl methyl sites for hydroxylation is 2. The van der Waals surface area contributed by atoms with E-state index < -0.39 is 0 Å². The van der Waals surface area contributed by atoms with Crippen LogP contribution >= 0.6 is 0 Å². The van der Waals surface area contributed by atoms with Crippen LogP contribution in [0.5, 0.6) is 0 Å². The minimum atomic E-state index is 0.620. The van der Waals surface area contributed by atoms with E-state index in [9.17, 15) is 0 Å². The third kappa shape index (κ3) is 1.37. The van der Waals surface area contributed by atoms with Gasteiger partial charge in [0.1, 0.15) is 5.82 Å². The van der Waals surface area contributed by atoms with Gasteiger partial charge in [-0.05, 0) is 33.2 Å². The van der Waals surface area contributed by atoms with Gasteiger partial charge in [-0.1, -0.05) is 0 Å². The lowest BCUT2D eigenvalue weighted by atomic mass is 9.95. The van der Waals surface area contributed by atoms with E-state index in [1.165, 1.54) is 42.9 Å². The Morgan fingerprint density at radius 2 is 2.07 bits per heavy atom. The van der Waals surface area contributed by atoms with Gasteiger partial charge >= 0.3 is 0 Å². The van der Waals surface area contributed by atoms with Crippen molar-refractivity contribution >= 4 is 0 Å². The molecule has 0 N–H and O–H groups in total. The highest BCUT2D eigenvalue weighted by molar-refractivity contribution is 5.32. The molecule has 80 valence electrons. The van der Waals surface area contributed by atoms with Crippen molar-refractivity contribution in [1.82, 2.24) is 14.9 Å². The Hall–Kier alpha value is -0.960. The Balaban J connectivity index is 2.12. The molecule has 1 atom stereocenters. The van der Waals surface area contributed by atoms with Crippen LogP contribution in [0.2, 0.25) is 0 Å². The summed E-state index contributed by atoms with van der Waals surface area (Å²) >= 11 is 0. The summed E-state index contributed by atoms with van der Waals surface area (Å²) in [5, 5.41) is 0. The van der Waals surface area contributed by atoms with Crippen LogP contribution in [0.4, 0.5) is 0 Å². The van der Waals surface area contributed by atoms with Gasteiger partial charge in [0.25, 0.3) is 0 Å². The predicted molar refractivity (Wildman–Crippen MR) is 58.8 cm³/mol. The van der Waals surface area contributed by atoms with E-state index in [1.807, 2.05) is 6.92 Å². The number of nitrogens with zero attached hydrogens (tertiary/aromatic N) is 3. The van der Waals surface area contributed by atoms with Crippen molar-refractivity contribution in [1.29, 1.82) is 0 Å². The molecule has 1 unspecified atom stereocenters. The molecule has 3 nitrogen and oxygen atoms in total. The van der Waals surface area contributed by atoms with E-state index in [-0.39, 0.29) is 0 Å². The molecule has 3 heterocycles. The first-order valence-electron chi connectivity index (χ1n) is 5.84. The monoisotopic (exact) mass is 203 g/mol. The van der Waals surface area contributed by atoms with Crippen LogP contribution in [0, 0.1) is 13.8 Å². The quantitative estimate of drug-likeness (QED) is 0.643. The van der Waals surface area contributed by atoms with Gasteiger partial charge in [0.2, 0.25) is 0 Å². The fourth-order valence-corrected chi connectivity index (χ4v) is 3.09. The van der Waals surface area contributed by atoms with Gasteiger partial charge in [0, 0.05) is 30.3 Å². The Bertz CT molecular complexity index is 400. The lowest BCUT2D eigenvalue weighted by molar-refractivity contribution is 0.239. The first-order valence-corrected chi connectivity index (χ1v) is 5.84. The summed E-state index contributed by atoms with van der Waals surface area (Å²) in [5.74, 6) is 0.928. The maximum absolute atomic E-state index is 4.60. The SMILES string of the molecule is Cc1nc(C)c2c(n1)CCN1CCCC21. The summed E-state index contributed by atoms with van der Waals surface area (Å²) in [7, 11) is 0. The first kappa shape index (κ1) is 9.28. The number of hydrogen-bond acceptors (Lipinski definition) is 3. The van der Waals surface area contributed by atoms with Crippen molar-refractivity contribution < 1.29 is 0 Å². The smallest absolute Gasteiger partial charge is 0.125 e. The third-order valence-corrected chi connectivity index (χ3v) is 3.66. The van der Waals surface area contributed by atoms with Crippen LogP contribution in [0.3, 0.4) is 0 Å². The summed E-state index contributed by atoms with van der Waals surface area (Å²) in [5.41, 5.74) is 3.95. The molecule has 15 heavy (non-hydrogen) atoms. The van der Waals surface area contributed by atoms with Crippen LogP contribution in [0.25, 0.3) is 0 Å². The van der Waals surface area contributed by atoms with E-state index in [0.29, 0.717) is 6.04 Å². The molecule has 1 aromatic heterocycles. The van der Waals surface area contributed by atoms with Crippen LogP contribution in [-0.2, 0) is 6.42 Å². The van der Waals surface area contributed by atoms with Crippen molar-refractivity contribution in [3.8, 4) is 0 Å². The molecule has 0 aromatic carbocycles. The topological polar surface area (TPSA) is 29.0 Å². The highest BCUT2D eigenvalue weighted by Gasteiger charge is 2.33. The highest BCUT2D eigenvalue weighted by Crippen LogP contribution is 2.37. The summed E-state index contributed by atoms with van der Waals surface area (Å²) in [6.07, 6.45) is 3.73. The van der Waals surface area contributed by atoms with Gasteiger partial charge in [0.05, 0.1) is 5.69 Å². The molecule has 0 radical (unpaired) electrons. The zero-order valence-electron chi connectivity index (χ0n) is 9.45. The van der Waals surface area contributed by atoms with Crippen LogP contribution in [0.15, 0.2) is 0 Å². The zero-order chi connectivity index (χ0) is 10.4. The average molecular weight is 203 g/mol. The van der Waals surface area contributed by atoms with E-state index in [4.69, 9.17) is 0 Å². The Morgan fingerprint density at radius 3 is 2.93 bits per heavy atom. The van der Waals surface area contributed by atoms with Gasteiger partial charge in [0.15, 0.2) is 0 Å². The minimum Gasteiger partial charge on any atom is -0.296 e. The molecule has 1 fully saturated rings. The fourth-order valence-electron chi connectivity index (χ4n) is 3.09. The van der Waals surface area contributed by atoms with Crippen molar-refractivity contribution in [3.63, 3.8) is 0 Å². The predicted octanol–water partition coefficient (Wildman–Crippen LogP) is 1.79. The maximum atomic E-state index is 4.60. The van der Waals surface area contributed by atoms with Crippen molar-refractivity contribution in [2.75, 3.05) is 13.1 Å². The third-order valence-electron chi connectivity index (χ3n) is 3.66. The van der Waals surface area contributed by atoms with Crippen molar-refractivity contribution in [2.24, 2.45) is 0 Å². The molecular formula is C12H17N3. The van der Waals surface area contributed by atoms with E-state index >= 15 is 0 Å². The Labute approximate surface area is 90.5 Å². The lowest BCUT2D eigenvalue weighted by Crippen LogP contribution is -2.32. The molecule has 0 aliphatic carbocycles. The van der Waals surface area contributed by atoms with E-state index in [0.717, 1.165) is 12.2 Å². The first-order chi connectivity index (χ1) is 7.25. The normalized spacial score (nSPS) is 25.1. The second-order valence-corrected chi connectivity index (χ2v) is 4.66. The molecule has 0 spiro atoms. The van der Waals surface area contributed by atoms with Gasteiger partial charge in [-0.2, -0.15) is 0 Å². The average Bonchev–Trinajstić information content (AvgIpc) is 2.63. The highest BCUT2D eigenvalue weighted by atomic mass is 15.2. The Morgan fingerprint density at radius 1 is 1.20 bits per heavy atom. The van der Waals surface area contributed by atoms with E-state index in [1.54, 1.807) is 0 Å². The molecule has 2 aliphatic heterocycles. The number of rotatable bonds is 0. The lowest BCUT2D eigenvalue weighted by Gasteiger charge is -2.32. The molecule has 1 saturated heterocycles. The minimum absolute atomic E-state index is 0.620. The van der Waals surface area contributed by atoms with Gasteiger partial charge in [-0.3, -0.25) is 4.90 Å². The number of fused-ring (bicyclic) bond motifs is 3. The fraction of sp³-hybridized carbons (Fsp3) is 0.667.